The largest absolute Gasteiger partial charge is 0.374 e. The lowest BCUT2D eigenvalue weighted by Crippen LogP contribution is -2.32. The fourth-order valence-corrected chi connectivity index (χ4v) is 2.59. The Balaban J connectivity index is 1.75. The molecule has 0 aliphatic carbocycles. The Kier molecular flexibility index (Phi) is 4.49. The molecular weight excluding hydrogens is 260 g/mol. The van der Waals surface area contributed by atoms with Crippen molar-refractivity contribution in [1.82, 2.24) is 25.3 Å². The molecule has 1 unspecified atom stereocenters. The predicted octanol–water partition coefficient (Wildman–Crippen LogP) is 1.15. The van der Waals surface area contributed by atoms with Crippen molar-refractivity contribution in [3.05, 3.63) is 22.5 Å². The highest BCUT2D eigenvalue weighted by atomic mass is 32.1. The van der Waals surface area contributed by atoms with E-state index in [-0.39, 0.29) is 0 Å². The quantitative estimate of drug-likeness (QED) is 0.829. The third-order valence-corrected chi connectivity index (χ3v) is 3.68. The van der Waals surface area contributed by atoms with Crippen LogP contribution in [0.4, 0.5) is 5.13 Å². The Hall–Kier alpha value is -1.47. The van der Waals surface area contributed by atoms with Crippen LogP contribution >= 0.6 is 11.3 Å². The molecule has 19 heavy (non-hydrogen) atoms. The van der Waals surface area contributed by atoms with Gasteiger partial charge in [-0.25, -0.2) is 0 Å². The topological polar surface area (TPSA) is 81.7 Å². The van der Waals surface area contributed by atoms with Crippen molar-refractivity contribution in [2.24, 2.45) is 0 Å². The smallest absolute Gasteiger partial charge is 0.203 e. The minimum absolute atomic E-state index is 0.364. The van der Waals surface area contributed by atoms with E-state index < -0.39 is 0 Å². The summed E-state index contributed by atoms with van der Waals surface area (Å²) < 4.78 is 2.04. The molecule has 2 aromatic heterocycles. The third-order valence-electron chi connectivity index (χ3n) is 2.86. The highest BCUT2D eigenvalue weighted by Gasteiger charge is 2.07. The first-order valence-electron chi connectivity index (χ1n) is 6.37. The van der Waals surface area contributed by atoms with Crippen LogP contribution in [0.2, 0.25) is 0 Å². The fourth-order valence-electron chi connectivity index (χ4n) is 1.98. The highest BCUT2D eigenvalue weighted by molar-refractivity contribution is 7.15. The minimum atomic E-state index is 0.364. The maximum Gasteiger partial charge on any atom is 0.203 e. The van der Waals surface area contributed by atoms with Gasteiger partial charge in [0.25, 0.3) is 0 Å². The molecule has 3 N–H and O–H groups in total. The van der Waals surface area contributed by atoms with Gasteiger partial charge in [0.2, 0.25) is 5.13 Å². The van der Waals surface area contributed by atoms with Gasteiger partial charge in [-0.1, -0.05) is 11.3 Å². The SMILES string of the molecule is Cc1cc(C)n(CC(C)NCCc2nnc(N)s2)n1. The summed E-state index contributed by atoms with van der Waals surface area (Å²) in [4.78, 5) is 0. The van der Waals surface area contributed by atoms with Crippen LogP contribution in [0.15, 0.2) is 6.07 Å². The van der Waals surface area contributed by atoms with E-state index in [1.165, 1.54) is 17.0 Å². The molecule has 6 nitrogen and oxygen atoms in total. The Bertz CT molecular complexity index is 532. The first kappa shape index (κ1) is 14.0. The molecule has 0 saturated heterocycles. The summed E-state index contributed by atoms with van der Waals surface area (Å²) in [6, 6.07) is 2.46. The van der Waals surface area contributed by atoms with Gasteiger partial charge in [-0.3, -0.25) is 4.68 Å². The van der Waals surface area contributed by atoms with Gasteiger partial charge < -0.3 is 11.1 Å². The summed E-state index contributed by atoms with van der Waals surface area (Å²) in [5.41, 5.74) is 7.81. The molecule has 0 saturated carbocycles. The molecule has 2 aromatic rings. The van der Waals surface area contributed by atoms with Crippen LogP contribution in [0.1, 0.15) is 23.3 Å². The zero-order valence-corrected chi connectivity index (χ0v) is 12.4. The number of hydrogen-bond donors (Lipinski definition) is 2. The van der Waals surface area contributed by atoms with Gasteiger partial charge >= 0.3 is 0 Å². The number of nitrogens with zero attached hydrogens (tertiary/aromatic N) is 4. The normalized spacial score (nSPS) is 12.8. The molecule has 0 aliphatic heterocycles. The van der Waals surface area contributed by atoms with Gasteiger partial charge in [-0.2, -0.15) is 5.10 Å². The van der Waals surface area contributed by atoms with Crippen molar-refractivity contribution in [1.29, 1.82) is 0 Å². The average Bonchev–Trinajstić information content (AvgIpc) is 2.86. The molecular formula is C12H20N6S. The first-order chi connectivity index (χ1) is 9.04. The van der Waals surface area contributed by atoms with Gasteiger partial charge in [0.15, 0.2) is 0 Å². The lowest BCUT2D eigenvalue weighted by atomic mass is 10.3. The molecule has 0 fully saturated rings. The van der Waals surface area contributed by atoms with Crippen LogP contribution in [-0.2, 0) is 13.0 Å². The van der Waals surface area contributed by atoms with Gasteiger partial charge in [-0.05, 0) is 26.8 Å². The van der Waals surface area contributed by atoms with Crippen LogP contribution in [0, 0.1) is 13.8 Å². The number of nitrogens with two attached hydrogens (primary N) is 1. The zero-order chi connectivity index (χ0) is 13.8. The monoisotopic (exact) mass is 280 g/mol. The van der Waals surface area contributed by atoms with Crippen LogP contribution in [-0.4, -0.2) is 32.6 Å². The summed E-state index contributed by atoms with van der Waals surface area (Å²) in [7, 11) is 0. The molecule has 0 aromatic carbocycles. The molecule has 0 bridgehead atoms. The molecule has 0 amide bonds. The second-order valence-electron chi connectivity index (χ2n) is 4.75. The van der Waals surface area contributed by atoms with E-state index in [2.05, 4.69) is 40.5 Å². The molecule has 104 valence electrons. The fraction of sp³-hybridized carbons (Fsp3) is 0.583. The molecule has 1 atom stereocenters. The maximum absolute atomic E-state index is 5.54. The van der Waals surface area contributed by atoms with Gasteiger partial charge in [0, 0.05) is 24.7 Å². The van der Waals surface area contributed by atoms with Crippen molar-refractivity contribution in [2.45, 2.75) is 39.8 Å². The van der Waals surface area contributed by atoms with E-state index >= 15 is 0 Å². The van der Waals surface area contributed by atoms with Crippen LogP contribution in [0.3, 0.4) is 0 Å². The Morgan fingerprint density at radius 1 is 1.42 bits per heavy atom. The van der Waals surface area contributed by atoms with Crippen LogP contribution in [0.5, 0.6) is 0 Å². The standard InChI is InChI=1S/C12H20N6S/c1-8-6-10(3)18(17-8)7-9(2)14-5-4-11-15-16-12(13)19-11/h6,9,14H,4-5,7H2,1-3H3,(H2,13,16). The van der Waals surface area contributed by atoms with E-state index in [0.29, 0.717) is 11.2 Å². The van der Waals surface area contributed by atoms with Crippen molar-refractivity contribution >= 4 is 16.5 Å². The van der Waals surface area contributed by atoms with Gasteiger partial charge in [0.05, 0.1) is 12.2 Å². The highest BCUT2D eigenvalue weighted by Crippen LogP contribution is 2.10. The van der Waals surface area contributed by atoms with Crippen molar-refractivity contribution in [3.8, 4) is 0 Å². The summed E-state index contributed by atoms with van der Waals surface area (Å²) in [6.07, 6.45) is 0.857. The number of rotatable bonds is 6. The Morgan fingerprint density at radius 2 is 2.21 bits per heavy atom. The lowest BCUT2D eigenvalue weighted by Gasteiger charge is -2.14. The molecule has 0 radical (unpaired) electrons. The van der Waals surface area contributed by atoms with Crippen molar-refractivity contribution < 1.29 is 0 Å². The Morgan fingerprint density at radius 3 is 2.79 bits per heavy atom. The average molecular weight is 280 g/mol. The number of hydrogen-bond acceptors (Lipinski definition) is 6. The summed E-state index contributed by atoms with van der Waals surface area (Å²) in [5, 5.41) is 17.2. The van der Waals surface area contributed by atoms with Crippen LogP contribution in [0.25, 0.3) is 0 Å². The van der Waals surface area contributed by atoms with Crippen molar-refractivity contribution in [2.75, 3.05) is 12.3 Å². The summed E-state index contributed by atoms with van der Waals surface area (Å²) in [5.74, 6) is 0. The molecule has 7 heteroatoms. The van der Waals surface area contributed by atoms with Gasteiger partial charge in [-0.15, -0.1) is 10.2 Å². The molecule has 2 heterocycles. The number of aryl methyl sites for hydroxylation is 2. The number of nitrogens with one attached hydrogen (secondary N) is 1. The van der Waals surface area contributed by atoms with Crippen molar-refractivity contribution in [3.63, 3.8) is 0 Å². The summed E-state index contributed by atoms with van der Waals surface area (Å²) >= 11 is 1.45. The molecule has 0 spiro atoms. The number of aromatic nitrogens is 4. The minimum Gasteiger partial charge on any atom is -0.374 e. The van der Waals surface area contributed by atoms with E-state index in [9.17, 15) is 0 Å². The zero-order valence-electron chi connectivity index (χ0n) is 11.6. The van der Waals surface area contributed by atoms with Crippen LogP contribution < -0.4 is 11.1 Å². The van der Waals surface area contributed by atoms with E-state index in [0.717, 1.165) is 30.2 Å². The second kappa shape index (κ2) is 6.12. The van der Waals surface area contributed by atoms with E-state index in [4.69, 9.17) is 5.73 Å². The predicted molar refractivity (Wildman–Crippen MR) is 77.2 cm³/mol. The van der Waals surface area contributed by atoms with E-state index in [1.54, 1.807) is 0 Å². The summed E-state index contributed by atoms with van der Waals surface area (Å²) in [6.45, 7) is 8.00. The third kappa shape index (κ3) is 4.00. The molecule has 2 rings (SSSR count). The molecule has 0 aliphatic rings. The number of nitrogen functional groups attached to an aromatic ring is 1. The Labute approximate surface area is 117 Å². The second-order valence-corrected chi connectivity index (χ2v) is 5.84. The van der Waals surface area contributed by atoms with Gasteiger partial charge in [0.1, 0.15) is 5.01 Å². The first-order valence-corrected chi connectivity index (χ1v) is 7.18. The number of anilines is 1. The maximum atomic E-state index is 5.54. The lowest BCUT2D eigenvalue weighted by molar-refractivity contribution is 0.447. The van der Waals surface area contributed by atoms with E-state index in [1.807, 2.05) is 11.6 Å².